The van der Waals surface area contributed by atoms with Crippen LogP contribution < -0.4 is 5.32 Å². The molecule has 94 valence electrons. The van der Waals surface area contributed by atoms with Gasteiger partial charge in [0, 0.05) is 9.61 Å². The molecule has 2 heteroatoms. The number of benzene rings is 1. The Morgan fingerprint density at radius 2 is 2.18 bits per heavy atom. The van der Waals surface area contributed by atoms with E-state index in [9.17, 15) is 0 Å². The maximum Gasteiger partial charge on any atom is 0.0330 e. The number of halogens is 1. The smallest absolute Gasteiger partial charge is 0.0330 e. The highest BCUT2D eigenvalue weighted by Gasteiger charge is 2.12. The summed E-state index contributed by atoms with van der Waals surface area (Å²) < 4.78 is 1.36. The Morgan fingerprint density at radius 3 is 2.82 bits per heavy atom. The maximum absolute atomic E-state index is 3.79. The van der Waals surface area contributed by atoms with Crippen molar-refractivity contribution < 1.29 is 0 Å². The second kappa shape index (κ2) is 8.70. The summed E-state index contributed by atoms with van der Waals surface area (Å²) in [4.78, 5) is 0. The molecule has 1 atom stereocenters. The minimum atomic E-state index is 0.489. The van der Waals surface area contributed by atoms with Crippen molar-refractivity contribution >= 4 is 22.6 Å². The van der Waals surface area contributed by atoms with Gasteiger partial charge in [-0.25, -0.2) is 0 Å². The fourth-order valence-electron chi connectivity index (χ4n) is 1.91. The monoisotopic (exact) mass is 343 g/mol. The van der Waals surface area contributed by atoms with E-state index in [4.69, 9.17) is 0 Å². The summed E-state index contributed by atoms with van der Waals surface area (Å²) in [6.07, 6.45) is 6.68. The summed E-state index contributed by atoms with van der Waals surface area (Å²) in [7, 11) is 0. The number of allylic oxidation sites excluding steroid dienone is 1. The van der Waals surface area contributed by atoms with Crippen LogP contribution in [0.4, 0.5) is 0 Å². The van der Waals surface area contributed by atoms with Crippen LogP contribution in [0, 0.1) is 3.57 Å². The lowest BCUT2D eigenvalue weighted by Gasteiger charge is -2.20. The van der Waals surface area contributed by atoms with E-state index in [1.54, 1.807) is 0 Å². The van der Waals surface area contributed by atoms with E-state index in [1.165, 1.54) is 28.4 Å². The van der Waals surface area contributed by atoms with Crippen LogP contribution in [0.2, 0.25) is 0 Å². The standard InChI is InChI=1S/C15H22IN/c1-3-5-6-11-15(17-12-4-2)13-9-7-8-10-14(13)16/h3,7-10,15,17H,1,4-6,11-12H2,2H3. The molecule has 0 heterocycles. The molecule has 0 aliphatic rings. The third-order valence-corrected chi connectivity index (χ3v) is 3.80. The molecule has 1 aromatic rings. The Hall–Kier alpha value is -0.350. The van der Waals surface area contributed by atoms with Gasteiger partial charge in [-0.05, 0) is 66.4 Å². The van der Waals surface area contributed by atoms with Crippen molar-refractivity contribution in [3.05, 3.63) is 46.1 Å². The van der Waals surface area contributed by atoms with Gasteiger partial charge in [-0.2, -0.15) is 0 Å². The van der Waals surface area contributed by atoms with Crippen molar-refractivity contribution in [1.82, 2.24) is 5.32 Å². The Balaban J connectivity index is 2.67. The summed E-state index contributed by atoms with van der Waals surface area (Å²) in [5, 5.41) is 3.65. The Kier molecular flexibility index (Phi) is 7.53. The molecule has 1 nitrogen and oxygen atoms in total. The number of hydrogen-bond acceptors (Lipinski definition) is 1. The molecule has 0 amide bonds. The van der Waals surface area contributed by atoms with Gasteiger partial charge in [0.1, 0.15) is 0 Å². The van der Waals surface area contributed by atoms with Crippen LogP contribution in [0.3, 0.4) is 0 Å². The Labute approximate surface area is 119 Å². The predicted octanol–water partition coefficient (Wildman–Crippen LogP) is 4.69. The van der Waals surface area contributed by atoms with E-state index in [0.29, 0.717) is 6.04 Å². The second-order valence-corrected chi connectivity index (χ2v) is 5.41. The largest absolute Gasteiger partial charge is 0.310 e. The van der Waals surface area contributed by atoms with Gasteiger partial charge in [0.05, 0.1) is 0 Å². The van der Waals surface area contributed by atoms with E-state index in [-0.39, 0.29) is 0 Å². The van der Waals surface area contributed by atoms with Crippen LogP contribution >= 0.6 is 22.6 Å². The van der Waals surface area contributed by atoms with E-state index in [1.807, 2.05) is 6.08 Å². The summed E-state index contributed by atoms with van der Waals surface area (Å²) in [5.74, 6) is 0. The lowest BCUT2D eigenvalue weighted by atomic mass is 10.0. The minimum absolute atomic E-state index is 0.489. The summed E-state index contributed by atoms with van der Waals surface area (Å²) >= 11 is 2.43. The number of hydrogen-bond donors (Lipinski definition) is 1. The zero-order valence-corrected chi connectivity index (χ0v) is 12.7. The molecule has 1 aromatic carbocycles. The molecule has 1 N–H and O–H groups in total. The van der Waals surface area contributed by atoms with Crippen LogP contribution in [-0.4, -0.2) is 6.54 Å². The van der Waals surface area contributed by atoms with Crippen molar-refractivity contribution in [3.8, 4) is 0 Å². The average molecular weight is 343 g/mol. The van der Waals surface area contributed by atoms with Crippen molar-refractivity contribution in [3.63, 3.8) is 0 Å². The number of nitrogens with one attached hydrogen (secondary N) is 1. The molecule has 0 bridgehead atoms. The van der Waals surface area contributed by atoms with Gasteiger partial charge in [-0.15, -0.1) is 6.58 Å². The topological polar surface area (TPSA) is 12.0 Å². The van der Waals surface area contributed by atoms with Crippen LogP contribution in [0.15, 0.2) is 36.9 Å². The highest BCUT2D eigenvalue weighted by atomic mass is 127. The number of rotatable bonds is 8. The van der Waals surface area contributed by atoms with Gasteiger partial charge in [-0.3, -0.25) is 0 Å². The van der Waals surface area contributed by atoms with Crippen molar-refractivity contribution in [2.24, 2.45) is 0 Å². The number of unbranched alkanes of at least 4 members (excludes halogenated alkanes) is 1. The quantitative estimate of drug-likeness (QED) is 0.410. The van der Waals surface area contributed by atoms with Gasteiger partial charge in [-0.1, -0.05) is 31.2 Å². The van der Waals surface area contributed by atoms with Gasteiger partial charge in [0.25, 0.3) is 0 Å². The first kappa shape index (κ1) is 14.7. The molecule has 0 saturated heterocycles. The van der Waals surface area contributed by atoms with E-state index < -0.39 is 0 Å². The van der Waals surface area contributed by atoms with Crippen LogP contribution in [0.25, 0.3) is 0 Å². The molecule has 0 saturated carbocycles. The predicted molar refractivity (Wildman–Crippen MR) is 84.2 cm³/mol. The van der Waals surface area contributed by atoms with Gasteiger partial charge >= 0.3 is 0 Å². The highest BCUT2D eigenvalue weighted by molar-refractivity contribution is 14.1. The van der Waals surface area contributed by atoms with Crippen molar-refractivity contribution in [2.75, 3.05) is 6.54 Å². The lowest BCUT2D eigenvalue weighted by molar-refractivity contribution is 0.484. The molecule has 0 aliphatic carbocycles. The molecule has 0 spiro atoms. The zero-order chi connectivity index (χ0) is 12.5. The Bertz CT molecular complexity index is 335. The lowest BCUT2D eigenvalue weighted by Crippen LogP contribution is -2.22. The maximum atomic E-state index is 3.79. The molecule has 0 aliphatic heterocycles. The SMILES string of the molecule is C=CCCCC(NCCC)c1ccccc1I. The second-order valence-electron chi connectivity index (χ2n) is 4.25. The van der Waals surface area contributed by atoms with Crippen LogP contribution in [-0.2, 0) is 0 Å². The molecule has 17 heavy (non-hydrogen) atoms. The van der Waals surface area contributed by atoms with E-state index in [2.05, 4.69) is 65.7 Å². The molecular formula is C15H22IN. The Morgan fingerprint density at radius 1 is 1.41 bits per heavy atom. The first-order valence-corrected chi connectivity index (χ1v) is 7.46. The molecule has 0 radical (unpaired) electrons. The highest BCUT2D eigenvalue weighted by Crippen LogP contribution is 2.24. The van der Waals surface area contributed by atoms with E-state index in [0.717, 1.165) is 13.0 Å². The van der Waals surface area contributed by atoms with Gasteiger partial charge < -0.3 is 5.32 Å². The van der Waals surface area contributed by atoms with Gasteiger partial charge in [0.2, 0.25) is 0 Å². The first-order chi connectivity index (χ1) is 8.29. The zero-order valence-electron chi connectivity index (χ0n) is 10.6. The van der Waals surface area contributed by atoms with Crippen molar-refractivity contribution in [1.29, 1.82) is 0 Å². The van der Waals surface area contributed by atoms with Crippen LogP contribution in [0.1, 0.15) is 44.2 Å². The third-order valence-electron chi connectivity index (χ3n) is 2.82. The third kappa shape index (κ3) is 5.21. The fourth-order valence-corrected chi connectivity index (χ4v) is 2.67. The fraction of sp³-hybridized carbons (Fsp3) is 0.467. The summed E-state index contributed by atoms with van der Waals surface area (Å²) in [6.45, 7) is 7.09. The molecule has 0 fully saturated rings. The normalized spacial score (nSPS) is 12.4. The molecule has 0 aromatic heterocycles. The van der Waals surface area contributed by atoms with Crippen molar-refractivity contribution in [2.45, 2.75) is 38.6 Å². The average Bonchev–Trinajstić information content (AvgIpc) is 2.35. The minimum Gasteiger partial charge on any atom is -0.310 e. The first-order valence-electron chi connectivity index (χ1n) is 6.38. The summed E-state index contributed by atoms with van der Waals surface area (Å²) in [5.41, 5.74) is 1.44. The molecule has 1 unspecified atom stereocenters. The molecule has 1 rings (SSSR count). The van der Waals surface area contributed by atoms with Gasteiger partial charge in [0.15, 0.2) is 0 Å². The van der Waals surface area contributed by atoms with Crippen LogP contribution in [0.5, 0.6) is 0 Å². The summed E-state index contributed by atoms with van der Waals surface area (Å²) in [6, 6.07) is 9.15. The molecular weight excluding hydrogens is 321 g/mol. The van der Waals surface area contributed by atoms with E-state index >= 15 is 0 Å².